The van der Waals surface area contributed by atoms with E-state index in [9.17, 15) is 14.5 Å². The van der Waals surface area contributed by atoms with Crippen LogP contribution in [0.3, 0.4) is 0 Å². The Kier molecular flexibility index (Phi) is 4.87. The number of non-ortho nitro benzene ring substituents is 1. The van der Waals surface area contributed by atoms with Gasteiger partial charge in [0, 0.05) is 18.2 Å². The molecule has 2 aromatic carbocycles. The second kappa shape index (κ2) is 6.64. The van der Waals surface area contributed by atoms with Gasteiger partial charge >= 0.3 is 0 Å². The molecule has 0 amide bonds. The van der Waals surface area contributed by atoms with E-state index in [2.05, 4.69) is 21.2 Å². The van der Waals surface area contributed by atoms with Crippen LogP contribution in [0.5, 0.6) is 11.5 Å². The van der Waals surface area contributed by atoms with E-state index in [0.29, 0.717) is 28.1 Å². The van der Waals surface area contributed by atoms with Gasteiger partial charge in [-0.15, -0.1) is 0 Å². The van der Waals surface area contributed by atoms with Gasteiger partial charge in [0.15, 0.2) is 0 Å². The standard InChI is InChI=1S/C14H12BrFN2O3/c1-17-8-9-6-10(16)2-5-13(9)21-14-7-11(18(19)20)3-4-12(14)15/h2-7,17H,8H2,1H3. The summed E-state index contributed by atoms with van der Waals surface area (Å²) < 4.78 is 19.5. The van der Waals surface area contributed by atoms with Gasteiger partial charge in [0.1, 0.15) is 17.3 Å². The number of rotatable bonds is 5. The zero-order valence-electron chi connectivity index (χ0n) is 11.1. The Hall–Kier alpha value is -1.99. The highest BCUT2D eigenvalue weighted by molar-refractivity contribution is 9.10. The van der Waals surface area contributed by atoms with E-state index in [1.54, 1.807) is 7.05 Å². The zero-order chi connectivity index (χ0) is 15.4. The van der Waals surface area contributed by atoms with Crippen LogP contribution in [0.4, 0.5) is 10.1 Å². The van der Waals surface area contributed by atoms with Gasteiger partial charge in [0.25, 0.3) is 5.69 Å². The number of nitro groups is 1. The van der Waals surface area contributed by atoms with Crippen LogP contribution in [0.2, 0.25) is 0 Å². The second-order valence-corrected chi connectivity index (χ2v) is 5.11. The van der Waals surface area contributed by atoms with Gasteiger partial charge < -0.3 is 10.1 Å². The average molecular weight is 355 g/mol. The van der Waals surface area contributed by atoms with Gasteiger partial charge in [-0.1, -0.05) is 0 Å². The smallest absolute Gasteiger partial charge is 0.273 e. The van der Waals surface area contributed by atoms with Gasteiger partial charge in [-0.2, -0.15) is 0 Å². The molecule has 1 N–H and O–H groups in total. The quantitative estimate of drug-likeness (QED) is 0.650. The Morgan fingerprint density at radius 3 is 2.71 bits per heavy atom. The molecular weight excluding hydrogens is 343 g/mol. The molecule has 0 aliphatic carbocycles. The second-order valence-electron chi connectivity index (χ2n) is 4.26. The Morgan fingerprint density at radius 2 is 2.05 bits per heavy atom. The van der Waals surface area contributed by atoms with Crippen LogP contribution in [0, 0.1) is 15.9 Å². The van der Waals surface area contributed by atoms with E-state index in [1.165, 1.54) is 36.4 Å². The molecule has 2 rings (SSSR count). The van der Waals surface area contributed by atoms with Gasteiger partial charge in [-0.25, -0.2) is 4.39 Å². The van der Waals surface area contributed by atoms with Crippen molar-refractivity contribution in [1.29, 1.82) is 0 Å². The molecule has 0 fully saturated rings. The third kappa shape index (κ3) is 3.77. The molecule has 0 saturated heterocycles. The van der Waals surface area contributed by atoms with Crippen molar-refractivity contribution < 1.29 is 14.1 Å². The third-order valence-electron chi connectivity index (χ3n) is 2.74. The van der Waals surface area contributed by atoms with Crippen LogP contribution < -0.4 is 10.1 Å². The van der Waals surface area contributed by atoms with Crippen LogP contribution in [-0.2, 0) is 6.54 Å². The fourth-order valence-electron chi connectivity index (χ4n) is 1.78. The maximum Gasteiger partial charge on any atom is 0.273 e. The van der Waals surface area contributed by atoms with E-state index >= 15 is 0 Å². The first kappa shape index (κ1) is 15.4. The highest BCUT2D eigenvalue weighted by Crippen LogP contribution is 2.34. The molecule has 110 valence electrons. The lowest BCUT2D eigenvalue weighted by atomic mass is 10.2. The molecule has 0 unspecified atom stereocenters. The first-order valence-corrected chi connectivity index (χ1v) is 6.85. The fourth-order valence-corrected chi connectivity index (χ4v) is 2.11. The van der Waals surface area contributed by atoms with Crippen LogP contribution in [0.25, 0.3) is 0 Å². The molecule has 0 atom stereocenters. The maximum atomic E-state index is 13.3. The molecule has 0 aliphatic heterocycles. The topological polar surface area (TPSA) is 64.4 Å². The van der Waals surface area contributed by atoms with Crippen molar-refractivity contribution in [2.24, 2.45) is 0 Å². The highest BCUT2D eigenvalue weighted by atomic mass is 79.9. The van der Waals surface area contributed by atoms with E-state index in [4.69, 9.17) is 4.74 Å². The summed E-state index contributed by atoms with van der Waals surface area (Å²) in [5.74, 6) is 0.366. The van der Waals surface area contributed by atoms with Crippen LogP contribution in [-0.4, -0.2) is 12.0 Å². The summed E-state index contributed by atoms with van der Waals surface area (Å²) in [6, 6.07) is 8.35. The number of hydrogen-bond acceptors (Lipinski definition) is 4. The zero-order valence-corrected chi connectivity index (χ0v) is 12.7. The van der Waals surface area contributed by atoms with E-state index in [1.807, 2.05) is 0 Å². The van der Waals surface area contributed by atoms with E-state index in [0.717, 1.165) is 0 Å². The van der Waals surface area contributed by atoms with Crippen molar-refractivity contribution in [2.45, 2.75) is 6.54 Å². The van der Waals surface area contributed by atoms with Crippen LogP contribution >= 0.6 is 15.9 Å². The van der Waals surface area contributed by atoms with Crippen molar-refractivity contribution in [2.75, 3.05) is 7.05 Å². The Balaban J connectivity index is 2.37. The van der Waals surface area contributed by atoms with Gasteiger partial charge in [-0.3, -0.25) is 10.1 Å². The molecule has 0 saturated carbocycles. The Bertz CT molecular complexity index is 679. The molecule has 0 bridgehead atoms. The summed E-state index contributed by atoms with van der Waals surface area (Å²) in [4.78, 5) is 10.3. The number of benzene rings is 2. The van der Waals surface area contributed by atoms with Crippen molar-refractivity contribution in [3.05, 3.63) is 62.4 Å². The van der Waals surface area contributed by atoms with Crippen molar-refractivity contribution in [1.82, 2.24) is 5.32 Å². The van der Waals surface area contributed by atoms with Crippen molar-refractivity contribution in [3.8, 4) is 11.5 Å². The summed E-state index contributed by atoms with van der Waals surface area (Å²) in [6.07, 6.45) is 0. The largest absolute Gasteiger partial charge is 0.456 e. The minimum atomic E-state index is -0.502. The lowest BCUT2D eigenvalue weighted by Gasteiger charge is -2.12. The minimum absolute atomic E-state index is 0.0783. The summed E-state index contributed by atoms with van der Waals surface area (Å²) in [5, 5.41) is 13.7. The third-order valence-corrected chi connectivity index (χ3v) is 3.39. The summed E-state index contributed by atoms with van der Waals surface area (Å²) >= 11 is 3.28. The fraction of sp³-hybridized carbons (Fsp3) is 0.143. The average Bonchev–Trinajstić information content (AvgIpc) is 2.44. The first-order chi connectivity index (χ1) is 10.0. The molecule has 0 aromatic heterocycles. The highest BCUT2D eigenvalue weighted by Gasteiger charge is 2.13. The molecule has 0 spiro atoms. The van der Waals surface area contributed by atoms with Gasteiger partial charge in [0.05, 0.1) is 15.5 Å². The van der Waals surface area contributed by atoms with Crippen LogP contribution in [0.15, 0.2) is 40.9 Å². The number of ether oxygens (including phenoxy) is 1. The predicted molar refractivity (Wildman–Crippen MR) is 80.0 cm³/mol. The first-order valence-electron chi connectivity index (χ1n) is 6.06. The normalized spacial score (nSPS) is 10.4. The molecule has 0 heterocycles. The molecule has 0 aliphatic rings. The molecule has 2 aromatic rings. The van der Waals surface area contributed by atoms with Crippen LogP contribution in [0.1, 0.15) is 5.56 Å². The number of nitro benzene ring substituents is 1. The molecule has 0 radical (unpaired) electrons. The van der Waals surface area contributed by atoms with E-state index in [-0.39, 0.29) is 11.5 Å². The Morgan fingerprint density at radius 1 is 1.29 bits per heavy atom. The summed E-state index contributed by atoms with van der Waals surface area (Å²) in [5.41, 5.74) is 0.543. The molecule has 5 nitrogen and oxygen atoms in total. The monoisotopic (exact) mass is 354 g/mol. The van der Waals surface area contributed by atoms with Crippen molar-refractivity contribution in [3.63, 3.8) is 0 Å². The van der Waals surface area contributed by atoms with Crippen molar-refractivity contribution >= 4 is 21.6 Å². The lowest BCUT2D eigenvalue weighted by Crippen LogP contribution is -2.07. The molecule has 21 heavy (non-hydrogen) atoms. The maximum absolute atomic E-state index is 13.3. The predicted octanol–water partition coefficient (Wildman–Crippen LogP) is 4.01. The lowest BCUT2D eigenvalue weighted by molar-refractivity contribution is -0.384. The SMILES string of the molecule is CNCc1cc(F)ccc1Oc1cc([N+](=O)[O-])ccc1Br. The Labute approximate surface area is 129 Å². The van der Waals surface area contributed by atoms with Gasteiger partial charge in [-0.05, 0) is 47.2 Å². The number of hydrogen-bond donors (Lipinski definition) is 1. The number of halogens is 2. The summed E-state index contributed by atoms with van der Waals surface area (Å²) in [6.45, 7) is 0.416. The minimum Gasteiger partial charge on any atom is -0.456 e. The van der Waals surface area contributed by atoms with E-state index < -0.39 is 4.92 Å². The number of nitrogens with zero attached hydrogens (tertiary/aromatic N) is 1. The number of nitrogens with one attached hydrogen (secondary N) is 1. The van der Waals surface area contributed by atoms with Gasteiger partial charge in [0.2, 0.25) is 0 Å². The summed E-state index contributed by atoms with van der Waals surface area (Å²) in [7, 11) is 1.73. The molecule has 7 heteroatoms. The molecular formula is C14H12BrFN2O3.